The standard InChI is InChI=1S/C30H33Cl2N7O5/c1-30(2,3)23-17-25(39(38-23)18-6-8-19(43-5)9-7-18)37-29(41)35-21-10-11-22(27(32)26(21)31)44-20-12-13-33-24(16-20)36-28(40)34-14-15-42-4/h6-13,16-17H,14-15H2,1-5H3,(H2,35,37,41)(H2,33,34,36,40). The van der Waals surface area contributed by atoms with Crippen molar-refractivity contribution < 1.29 is 23.8 Å². The fourth-order valence-corrected chi connectivity index (χ4v) is 4.24. The highest BCUT2D eigenvalue weighted by atomic mass is 35.5. The molecule has 0 atom stereocenters. The van der Waals surface area contributed by atoms with Crippen molar-refractivity contribution in [3.63, 3.8) is 0 Å². The average Bonchev–Trinajstić information content (AvgIpc) is 3.41. The first kappa shape index (κ1) is 32.4. The Kier molecular flexibility index (Phi) is 10.5. The Morgan fingerprint density at radius 3 is 2.32 bits per heavy atom. The lowest BCUT2D eigenvalue weighted by Gasteiger charge is -2.14. The van der Waals surface area contributed by atoms with E-state index in [1.807, 2.05) is 51.1 Å². The molecule has 2 aromatic carbocycles. The first-order valence-corrected chi connectivity index (χ1v) is 14.2. The van der Waals surface area contributed by atoms with Crippen LogP contribution in [0.5, 0.6) is 17.2 Å². The van der Waals surface area contributed by atoms with Crippen molar-refractivity contribution in [1.29, 1.82) is 0 Å². The van der Waals surface area contributed by atoms with Crippen molar-refractivity contribution in [1.82, 2.24) is 20.1 Å². The molecule has 0 aliphatic carbocycles. The molecule has 0 saturated heterocycles. The maximum absolute atomic E-state index is 13.1. The zero-order valence-corrected chi connectivity index (χ0v) is 26.3. The molecule has 0 aliphatic rings. The van der Waals surface area contributed by atoms with Gasteiger partial charge < -0.3 is 24.8 Å². The van der Waals surface area contributed by atoms with E-state index in [0.717, 1.165) is 11.4 Å². The molecule has 4 aromatic rings. The van der Waals surface area contributed by atoms with Crippen molar-refractivity contribution in [2.24, 2.45) is 0 Å². The lowest BCUT2D eigenvalue weighted by atomic mass is 9.92. The molecule has 0 spiro atoms. The SMILES string of the molecule is COCCNC(=O)Nc1cc(Oc2ccc(NC(=O)Nc3cc(C(C)(C)C)nn3-c3ccc(OC)cc3)c(Cl)c2Cl)ccn1. The first-order chi connectivity index (χ1) is 21.0. The van der Waals surface area contributed by atoms with E-state index in [4.69, 9.17) is 42.5 Å². The van der Waals surface area contributed by atoms with E-state index < -0.39 is 12.1 Å². The number of carbonyl (C=O) groups excluding carboxylic acids is 2. The van der Waals surface area contributed by atoms with E-state index >= 15 is 0 Å². The predicted octanol–water partition coefficient (Wildman–Crippen LogP) is 7.08. The van der Waals surface area contributed by atoms with Gasteiger partial charge in [0.25, 0.3) is 0 Å². The number of hydrogen-bond acceptors (Lipinski definition) is 7. The second-order valence-corrected chi connectivity index (χ2v) is 11.2. The molecule has 4 amide bonds. The van der Waals surface area contributed by atoms with Crippen molar-refractivity contribution in [3.05, 3.63) is 76.5 Å². The molecule has 2 heterocycles. The predicted molar refractivity (Wildman–Crippen MR) is 171 cm³/mol. The second-order valence-electron chi connectivity index (χ2n) is 10.4. The van der Waals surface area contributed by atoms with Crippen LogP contribution in [0.1, 0.15) is 26.5 Å². The Morgan fingerprint density at radius 1 is 0.886 bits per heavy atom. The van der Waals surface area contributed by atoms with E-state index in [2.05, 4.69) is 26.3 Å². The van der Waals surface area contributed by atoms with Crippen LogP contribution in [-0.2, 0) is 10.2 Å². The van der Waals surface area contributed by atoms with Crippen LogP contribution in [0, 0.1) is 0 Å². The summed E-state index contributed by atoms with van der Waals surface area (Å²) in [5.74, 6) is 2.00. The third-order valence-corrected chi connectivity index (χ3v) is 6.99. The number of methoxy groups -OCH3 is 2. The van der Waals surface area contributed by atoms with Crippen LogP contribution in [0.4, 0.5) is 26.9 Å². The third kappa shape index (κ3) is 8.31. The molecular weight excluding hydrogens is 609 g/mol. The van der Waals surface area contributed by atoms with Crippen LogP contribution in [0.3, 0.4) is 0 Å². The van der Waals surface area contributed by atoms with E-state index in [-0.39, 0.29) is 32.7 Å². The summed E-state index contributed by atoms with van der Waals surface area (Å²) in [6.07, 6.45) is 1.47. The number of amides is 4. The topological polar surface area (TPSA) is 141 Å². The van der Waals surface area contributed by atoms with Gasteiger partial charge >= 0.3 is 12.1 Å². The normalized spacial score (nSPS) is 11.1. The van der Waals surface area contributed by atoms with Gasteiger partial charge in [-0.05, 0) is 42.5 Å². The molecule has 0 fully saturated rings. The van der Waals surface area contributed by atoms with E-state index in [1.54, 1.807) is 37.1 Å². The van der Waals surface area contributed by atoms with E-state index in [9.17, 15) is 9.59 Å². The smallest absolute Gasteiger partial charge is 0.324 e. The number of aromatic nitrogens is 3. The number of urea groups is 2. The fourth-order valence-electron chi connectivity index (χ4n) is 3.83. The van der Waals surface area contributed by atoms with E-state index in [0.29, 0.717) is 30.5 Å². The molecule has 0 bridgehead atoms. The van der Waals surface area contributed by atoms with Crippen LogP contribution in [-0.4, -0.2) is 54.2 Å². The summed E-state index contributed by atoms with van der Waals surface area (Å²) in [7, 11) is 3.13. The van der Waals surface area contributed by atoms with Gasteiger partial charge in [0.1, 0.15) is 33.9 Å². The molecule has 0 saturated carbocycles. The summed E-state index contributed by atoms with van der Waals surface area (Å²) in [5, 5.41) is 15.7. The van der Waals surface area contributed by atoms with Crippen LogP contribution in [0.25, 0.3) is 5.69 Å². The van der Waals surface area contributed by atoms with Gasteiger partial charge in [-0.1, -0.05) is 44.0 Å². The van der Waals surface area contributed by atoms with Gasteiger partial charge in [-0.25, -0.2) is 19.3 Å². The summed E-state index contributed by atoms with van der Waals surface area (Å²) < 4.78 is 17.7. The molecular formula is C30H33Cl2N7O5. The molecule has 232 valence electrons. The Balaban J connectivity index is 1.47. The van der Waals surface area contributed by atoms with Gasteiger partial charge in [0.15, 0.2) is 0 Å². The van der Waals surface area contributed by atoms with Crippen LogP contribution in [0.15, 0.2) is 60.8 Å². The number of benzene rings is 2. The quantitative estimate of drug-likeness (QED) is 0.136. The van der Waals surface area contributed by atoms with Crippen LogP contribution < -0.4 is 30.7 Å². The Bertz CT molecular complexity index is 1620. The largest absolute Gasteiger partial charge is 0.497 e. The van der Waals surface area contributed by atoms with Gasteiger partial charge in [0.05, 0.1) is 35.8 Å². The minimum atomic E-state index is -0.555. The molecule has 14 heteroatoms. The average molecular weight is 643 g/mol. The highest BCUT2D eigenvalue weighted by Crippen LogP contribution is 2.40. The fraction of sp³-hybridized carbons (Fsp3) is 0.267. The van der Waals surface area contributed by atoms with Gasteiger partial charge in [-0.3, -0.25) is 10.6 Å². The summed E-state index contributed by atoms with van der Waals surface area (Å²) in [4.78, 5) is 29.2. The molecule has 44 heavy (non-hydrogen) atoms. The number of hydrogen-bond donors (Lipinski definition) is 4. The van der Waals surface area contributed by atoms with Crippen molar-refractivity contribution in [3.8, 4) is 22.9 Å². The highest BCUT2D eigenvalue weighted by molar-refractivity contribution is 6.45. The maximum atomic E-state index is 13.1. The Hall–Kier alpha value is -4.52. The molecule has 4 rings (SSSR count). The van der Waals surface area contributed by atoms with Gasteiger partial charge in [-0.15, -0.1) is 0 Å². The number of pyridine rings is 1. The van der Waals surface area contributed by atoms with Crippen LogP contribution in [0.2, 0.25) is 10.0 Å². The number of nitrogens with zero attached hydrogens (tertiary/aromatic N) is 3. The third-order valence-electron chi connectivity index (χ3n) is 6.12. The zero-order chi connectivity index (χ0) is 31.9. The molecule has 12 nitrogen and oxygen atoms in total. The van der Waals surface area contributed by atoms with Crippen molar-refractivity contribution in [2.75, 3.05) is 43.3 Å². The Morgan fingerprint density at radius 2 is 1.64 bits per heavy atom. The monoisotopic (exact) mass is 641 g/mol. The van der Waals surface area contributed by atoms with Gasteiger partial charge in [0, 0.05) is 37.4 Å². The first-order valence-electron chi connectivity index (χ1n) is 13.5. The summed E-state index contributed by atoms with van der Waals surface area (Å²) in [5.41, 5.74) is 1.52. The van der Waals surface area contributed by atoms with Crippen molar-refractivity contribution in [2.45, 2.75) is 26.2 Å². The van der Waals surface area contributed by atoms with Crippen molar-refractivity contribution >= 4 is 52.6 Å². The number of rotatable bonds is 10. The number of ether oxygens (including phenoxy) is 3. The number of carbonyl (C=O) groups is 2. The van der Waals surface area contributed by atoms with E-state index in [1.165, 1.54) is 12.3 Å². The molecule has 0 unspecified atom stereocenters. The summed E-state index contributed by atoms with van der Waals surface area (Å²) in [6, 6.07) is 14.4. The summed E-state index contributed by atoms with van der Waals surface area (Å²) in [6.45, 7) is 6.83. The lowest BCUT2D eigenvalue weighted by Crippen LogP contribution is -2.31. The maximum Gasteiger partial charge on any atom is 0.324 e. The number of anilines is 3. The number of nitrogens with one attached hydrogen (secondary N) is 4. The minimum Gasteiger partial charge on any atom is -0.497 e. The molecule has 4 N–H and O–H groups in total. The highest BCUT2D eigenvalue weighted by Gasteiger charge is 2.22. The molecule has 2 aromatic heterocycles. The zero-order valence-electron chi connectivity index (χ0n) is 24.8. The van der Waals surface area contributed by atoms with Crippen LogP contribution >= 0.6 is 23.2 Å². The summed E-state index contributed by atoms with van der Waals surface area (Å²) >= 11 is 13.0. The molecule has 0 radical (unpaired) electrons. The Labute approximate surface area is 265 Å². The lowest BCUT2D eigenvalue weighted by molar-refractivity contribution is 0.198. The number of halogens is 2. The van der Waals surface area contributed by atoms with Gasteiger partial charge in [-0.2, -0.15) is 5.10 Å². The second kappa shape index (κ2) is 14.3. The molecule has 0 aliphatic heterocycles. The van der Waals surface area contributed by atoms with Gasteiger partial charge in [0.2, 0.25) is 0 Å². The minimum absolute atomic E-state index is 0.0725.